The number of ketones is 1. The Bertz CT molecular complexity index is 926. The van der Waals surface area contributed by atoms with Crippen LogP contribution in [0.4, 0.5) is 13.9 Å². The Morgan fingerprint density at radius 1 is 1.04 bits per heavy atom. The Balaban J connectivity index is 1.88. The van der Waals surface area contributed by atoms with Gasteiger partial charge in [0.1, 0.15) is 17.3 Å². The van der Waals surface area contributed by atoms with Gasteiger partial charge in [-0.05, 0) is 42.3 Å². The molecule has 0 atom stereocenters. The summed E-state index contributed by atoms with van der Waals surface area (Å²) in [7, 11) is 0. The molecule has 1 aromatic heterocycles. The zero-order valence-corrected chi connectivity index (χ0v) is 15.6. The van der Waals surface area contributed by atoms with Gasteiger partial charge < -0.3 is 10.1 Å². The second kappa shape index (κ2) is 8.71. The van der Waals surface area contributed by atoms with Gasteiger partial charge in [0.15, 0.2) is 5.13 Å². The summed E-state index contributed by atoms with van der Waals surface area (Å²) < 4.78 is 31.3. The van der Waals surface area contributed by atoms with E-state index in [4.69, 9.17) is 4.74 Å². The van der Waals surface area contributed by atoms with Gasteiger partial charge in [-0.25, -0.2) is 18.6 Å². The lowest BCUT2D eigenvalue weighted by Gasteiger charge is -2.19. The van der Waals surface area contributed by atoms with Crippen LogP contribution in [0.15, 0.2) is 53.9 Å². The van der Waals surface area contributed by atoms with Crippen LogP contribution in [-0.4, -0.2) is 23.3 Å². The SMILES string of the molecule is CCOC(=O)C(=O)c1csc(NC(c2ccc(F)cc2)c2ccc(F)cc2)n1. The molecule has 28 heavy (non-hydrogen) atoms. The molecule has 8 heteroatoms. The molecule has 5 nitrogen and oxygen atoms in total. The summed E-state index contributed by atoms with van der Waals surface area (Å²) in [5, 5.41) is 4.99. The Hall–Kier alpha value is -3.13. The normalized spacial score (nSPS) is 10.7. The van der Waals surface area contributed by atoms with Crippen molar-refractivity contribution < 1.29 is 23.1 Å². The molecule has 0 fully saturated rings. The van der Waals surface area contributed by atoms with Crippen molar-refractivity contribution in [3.8, 4) is 0 Å². The quantitative estimate of drug-likeness (QED) is 0.361. The monoisotopic (exact) mass is 402 g/mol. The minimum absolute atomic E-state index is 0.0251. The molecule has 0 saturated carbocycles. The fourth-order valence-electron chi connectivity index (χ4n) is 2.54. The molecule has 1 N–H and O–H groups in total. The van der Waals surface area contributed by atoms with Crippen LogP contribution in [0, 0.1) is 11.6 Å². The summed E-state index contributed by atoms with van der Waals surface area (Å²) in [5.41, 5.74) is 1.42. The number of hydrogen-bond donors (Lipinski definition) is 1. The molecule has 0 spiro atoms. The van der Waals surface area contributed by atoms with Gasteiger partial charge in [-0.15, -0.1) is 11.3 Å². The number of hydrogen-bond acceptors (Lipinski definition) is 6. The van der Waals surface area contributed by atoms with Crippen molar-refractivity contribution in [3.63, 3.8) is 0 Å². The van der Waals surface area contributed by atoms with Crippen LogP contribution in [0.3, 0.4) is 0 Å². The second-order valence-electron chi connectivity index (χ2n) is 5.77. The lowest BCUT2D eigenvalue weighted by atomic mass is 9.99. The first kappa shape index (κ1) is 19.6. The topological polar surface area (TPSA) is 68.3 Å². The molecule has 0 aliphatic rings. The van der Waals surface area contributed by atoms with Crippen molar-refractivity contribution >= 4 is 28.2 Å². The first-order valence-electron chi connectivity index (χ1n) is 8.42. The number of esters is 1. The molecule has 0 amide bonds. The molecule has 0 unspecified atom stereocenters. The summed E-state index contributed by atoms with van der Waals surface area (Å²) >= 11 is 1.14. The molecule has 1 heterocycles. The molecule has 0 bridgehead atoms. The summed E-state index contributed by atoms with van der Waals surface area (Å²) in [4.78, 5) is 27.7. The van der Waals surface area contributed by atoms with E-state index in [9.17, 15) is 18.4 Å². The number of anilines is 1. The van der Waals surface area contributed by atoms with Crippen molar-refractivity contribution in [1.82, 2.24) is 4.98 Å². The maximum absolute atomic E-state index is 13.3. The molecule has 2 aromatic carbocycles. The van der Waals surface area contributed by atoms with Crippen molar-refractivity contribution in [2.75, 3.05) is 11.9 Å². The first-order valence-corrected chi connectivity index (χ1v) is 9.30. The van der Waals surface area contributed by atoms with Gasteiger partial charge in [0.2, 0.25) is 0 Å². The average molecular weight is 402 g/mol. The van der Waals surface area contributed by atoms with Crippen molar-refractivity contribution in [1.29, 1.82) is 0 Å². The number of halogens is 2. The smallest absolute Gasteiger partial charge is 0.381 e. The minimum atomic E-state index is -0.965. The zero-order chi connectivity index (χ0) is 20.1. The Morgan fingerprint density at radius 2 is 1.57 bits per heavy atom. The highest BCUT2D eigenvalue weighted by atomic mass is 32.1. The highest BCUT2D eigenvalue weighted by Crippen LogP contribution is 2.29. The second-order valence-corrected chi connectivity index (χ2v) is 6.63. The van der Waals surface area contributed by atoms with E-state index in [1.807, 2.05) is 0 Å². The largest absolute Gasteiger partial charge is 0.460 e. The van der Waals surface area contributed by atoms with Gasteiger partial charge in [-0.3, -0.25) is 4.79 Å². The van der Waals surface area contributed by atoms with E-state index in [0.717, 1.165) is 22.5 Å². The highest BCUT2D eigenvalue weighted by molar-refractivity contribution is 7.14. The highest BCUT2D eigenvalue weighted by Gasteiger charge is 2.22. The number of nitrogens with zero attached hydrogens (tertiary/aromatic N) is 1. The number of nitrogens with one attached hydrogen (secondary N) is 1. The molecule has 0 saturated heterocycles. The maximum atomic E-state index is 13.3. The predicted octanol–water partition coefficient (Wildman–Crippen LogP) is 4.37. The number of aromatic nitrogens is 1. The van der Waals surface area contributed by atoms with Crippen LogP contribution in [0.25, 0.3) is 0 Å². The minimum Gasteiger partial charge on any atom is -0.460 e. The van der Waals surface area contributed by atoms with E-state index in [1.54, 1.807) is 31.2 Å². The molecule has 0 aliphatic carbocycles. The first-order chi connectivity index (χ1) is 13.5. The number of benzene rings is 2. The van der Waals surface area contributed by atoms with E-state index in [2.05, 4.69) is 10.3 Å². The van der Waals surface area contributed by atoms with Crippen molar-refractivity contribution in [2.45, 2.75) is 13.0 Å². The van der Waals surface area contributed by atoms with Crippen LogP contribution < -0.4 is 5.32 Å². The third-order valence-electron chi connectivity index (χ3n) is 3.87. The number of thiazole rings is 1. The molecule has 3 rings (SSSR count). The Morgan fingerprint density at radius 3 is 2.07 bits per heavy atom. The van der Waals surface area contributed by atoms with Gasteiger partial charge in [-0.2, -0.15) is 0 Å². The number of rotatable bonds is 7. The third kappa shape index (κ3) is 4.58. The van der Waals surface area contributed by atoms with E-state index in [-0.39, 0.29) is 23.9 Å². The average Bonchev–Trinajstić information content (AvgIpc) is 3.16. The number of carbonyl (C=O) groups excluding carboxylic acids is 2. The van der Waals surface area contributed by atoms with Crippen LogP contribution in [0.1, 0.15) is 34.6 Å². The molecular weight excluding hydrogens is 386 g/mol. The zero-order valence-electron chi connectivity index (χ0n) is 14.8. The Kier molecular flexibility index (Phi) is 6.10. The van der Waals surface area contributed by atoms with E-state index in [0.29, 0.717) is 5.13 Å². The number of ether oxygens (including phenoxy) is 1. The van der Waals surface area contributed by atoms with Gasteiger partial charge in [0.05, 0.1) is 12.6 Å². The fraction of sp³-hybridized carbons (Fsp3) is 0.150. The Labute approximate surface area is 164 Å². The van der Waals surface area contributed by atoms with E-state index < -0.39 is 17.8 Å². The lowest BCUT2D eigenvalue weighted by molar-refractivity contribution is -0.137. The molecule has 0 aliphatic heterocycles. The molecule has 144 valence electrons. The van der Waals surface area contributed by atoms with Crippen molar-refractivity contribution in [3.05, 3.63) is 82.4 Å². The number of carbonyl (C=O) groups is 2. The number of Topliss-reactive ketones (excluding diaryl/α,β-unsaturated/α-hetero) is 1. The van der Waals surface area contributed by atoms with Gasteiger partial charge in [-0.1, -0.05) is 24.3 Å². The molecular formula is C20H16F2N2O3S. The lowest BCUT2D eigenvalue weighted by Crippen LogP contribution is -2.18. The maximum Gasteiger partial charge on any atom is 0.381 e. The molecule has 3 aromatic rings. The summed E-state index contributed by atoms with van der Waals surface area (Å²) in [6.45, 7) is 1.70. The van der Waals surface area contributed by atoms with Crippen LogP contribution >= 0.6 is 11.3 Å². The van der Waals surface area contributed by atoms with Crippen LogP contribution in [0.2, 0.25) is 0 Å². The van der Waals surface area contributed by atoms with Crippen LogP contribution in [0.5, 0.6) is 0 Å². The van der Waals surface area contributed by atoms with E-state index >= 15 is 0 Å². The standard InChI is InChI=1S/C20H16F2N2O3S/c1-2-27-19(26)18(25)16-11-28-20(23-16)24-17(12-3-7-14(21)8-4-12)13-5-9-15(22)10-6-13/h3-11,17H,2H2,1H3,(H,23,24). The van der Waals surface area contributed by atoms with Crippen molar-refractivity contribution in [2.24, 2.45) is 0 Å². The third-order valence-corrected chi connectivity index (χ3v) is 4.65. The summed E-state index contributed by atoms with van der Waals surface area (Å²) in [5.74, 6) is -2.55. The van der Waals surface area contributed by atoms with Gasteiger partial charge in [0.25, 0.3) is 5.78 Å². The fourth-order valence-corrected chi connectivity index (χ4v) is 3.26. The summed E-state index contributed by atoms with van der Waals surface area (Å²) in [6.07, 6.45) is 0. The van der Waals surface area contributed by atoms with E-state index in [1.165, 1.54) is 29.6 Å². The van der Waals surface area contributed by atoms with Crippen LogP contribution in [-0.2, 0) is 9.53 Å². The van der Waals surface area contributed by atoms with Gasteiger partial charge in [0, 0.05) is 5.38 Å². The molecule has 0 radical (unpaired) electrons. The summed E-state index contributed by atoms with van der Waals surface area (Å²) in [6, 6.07) is 11.3. The van der Waals surface area contributed by atoms with Gasteiger partial charge >= 0.3 is 5.97 Å². The predicted molar refractivity (Wildman–Crippen MR) is 101 cm³/mol.